The monoisotopic (exact) mass is 943 g/mol. The Morgan fingerprint density at radius 2 is 1.27 bits per heavy atom. The van der Waals surface area contributed by atoms with Gasteiger partial charge in [-0.1, -0.05) is 64.8 Å². The van der Waals surface area contributed by atoms with Crippen molar-refractivity contribution in [1.82, 2.24) is 0 Å². The molecule has 0 amide bonds. The lowest BCUT2D eigenvalue weighted by Gasteiger charge is -2.65. The fourth-order valence-electron chi connectivity index (χ4n) is 13.6. The number of aliphatic hydroxyl groups is 11. The zero-order valence-electron chi connectivity index (χ0n) is 39.5. The van der Waals surface area contributed by atoms with Gasteiger partial charge in [-0.3, -0.25) is 4.79 Å². The predicted octanol–water partition coefficient (Wildman–Crippen LogP) is -0.0410. The van der Waals surface area contributed by atoms with Gasteiger partial charge in [0.25, 0.3) is 0 Å². The van der Waals surface area contributed by atoms with Crippen molar-refractivity contribution in [3.63, 3.8) is 0 Å². The molecule has 7 rings (SSSR count). The Balaban J connectivity index is 0.945. The minimum Gasteiger partial charge on any atom is -0.394 e. The lowest BCUT2D eigenvalue weighted by atomic mass is 9.38. The second-order valence-corrected chi connectivity index (χ2v) is 21.9. The van der Waals surface area contributed by atoms with E-state index in [2.05, 4.69) is 53.7 Å². The van der Waals surface area contributed by atoms with Gasteiger partial charge >= 0.3 is 0 Å². The molecule has 3 saturated carbocycles. The van der Waals surface area contributed by atoms with Crippen LogP contribution in [0.4, 0.5) is 0 Å². The summed E-state index contributed by atoms with van der Waals surface area (Å²) in [6, 6.07) is 0. The number of carbonyl (C=O) groups is 1. The normalized spacial score (nSPS) is 50.0. The Hall–Kier alpha value is -1.53. The average Bonchev–Trinajstić information content (AvgIpc) is 3.55. The highest BCUT2D eigenvalue weighted by Gasteiger charge is 2.70. The highest BCUT2D eigenvalue weighted by molar-refractivity contribution is 5.88. The van der Waals surface area contributed by atoms with Gasteiger partial charge in [-0.25, -0.2) is 0 Å². The summed E-state index contributed by atoms with van der Waals surface area (Å²) in [5.41, 5.74) is 0.660. The minimum atomic E-state index is -1.67. The van der Waals surface area contributed by atoms with Crippen LogP contribution in [-0.4, -0.2) is 187 Å². The fourth-order valence-corrected chi connectivity index (χ4v) is 13.6. The van der Waals surface area contributed by atoms with Crippen LogP contribution in [0.2, 0.25) is 0 Å². The van der Waals surface area contributed by atoms with Gasteiger partial charge < -0.3 is 84.6 Å². The first kappa shape index (κ1) is 52.3. The smallest absolute Gasteiger partial charge is 0.187 e. The van der Waals surface area contributed by atoms with Crippen molar-refractivity contribution >= 4 is 5.78 Å². The quantitative estimate of drug-likeness (QED) is 0.102. The summed E-state index contributed by atoms with van der Waals surface area (Å²) in [5.74, 6) is 1.12. The second-order valence-electron chi connectivity index (χ2n) is 21.9. The molecule has 66 heavy (non-hydrogen) atoms. The summed E-state index contributed by atoms with van der Waals surface area (Å²) in [6.45, 7) is 13.7. The maximum atomic E-state index is 14.9. The van der Waals surface area contributed by atoms with Crippen molar-refractivity contribution in [2.45, 2.75) is 198 Å². The molecule has 3 heterocycles. The van der Waals surface area contributed by atoms with Crippen molar-refractivity contribution in [3.8, 4) is 0 Å². The van der Waals surface area contributed by atoms with Gasteiger partial charge in [0.2, 0.25) is 0 Å². The molecule has 378 valence electrons. The average molecular weight is 943 g/mol. The molecule has 0 aromatic carbocycles. The maximum Gasteiger partial charge on any atom is 0.187 e. The molecular weight excluding hydrogens is 865 g/mol. The molecule has 0 bridgehead atoms. The Bertz CT molecular complexity index is 1760. The molecule has 3 aliphatic heterocycles. The molecule has 7 aliphatic rings. The summed E-state index contributed by atoms with van der Waals surface area (Å²) in [5, 5.41) is 113. The Morgan fingerprint density at radius 1 is 0.727 bits per heavy atom. The molecule has 6 fully saturated rings. The molecule has 0 aromatic heterocycles. The van der Waals surface area contributed by atoms with Gasteiger partial charge in [0.05, 0.1) is 32.5 Å². The number of aliphatic hydroxyl groups excluding tert-OH is 11. The molecule has 0 unspecified atom stereocenters. The van der Waals surface area contributed by atoms with Gasteiger partial charge in [-0.15, -0.1) is 0 Å². The topological polar surface area (TPSA) is 295 Å². The summed E-state index contributed by atoms with van der Waals surface area (Å²) in [4.78, 5) is 14.9. The van der Waals surface area contributed by atoms with E-state index >= 15 is 0 Å². The maximum absolute atomic E-state index is 14.9. The largest absolute Gasteiger partial charge is 0.394 e. The summed E-state index contributed by atoms with van der Waals surface area (Å²) < 4.78 is 34.7. The predicted molar refractivity (Wildman–Crippen MR) is 233 cm³/mol. The van der Waals surface area contributed by atoms with Crippen molar-refractivity contribution in [2.75, 3.05) is 26.4 Å². The van der Waals surface area contributed by atoms with E-state index in [1.165, 1.54) is 5.57 Å². The third-order valence-corrected chi connectivity index (χ3v) is 18.0. The molecule has 0 spiro atoms. The van der Waals surface area contributed by atoms with Crippen LogP contribution in [0.3, 0.4) is 0 Å². The highest BCUT2D eigenvalue weighted by atomic mass is 16.7. The van der Waals surface area contributed by atoms with Gasteiger partial charge in [0, 0.05) is 17.3 Å². The number of hydrogen-bond donors (Lipinski definition) is 11. The van der Waals surface area contributed by atoms with Crippen LogP contribution < -0.4 is 0 Å². The first-order chi connectivity index (χ1) is 31.0. The van der Waals surface area contributed by atoms with Gasteiger partial charge in [0.1, 0.15) is 79.0 Å². The van der Waals surface area contributed by atoms with Crippen LogP contribution >= 0.6 is 0 Å². The second kappa shape index (κ2) is 19.9. The van der Waals surface area contributed by atoms with E-state index in [4.69, 9.17) is 28.4 Å². The Morgan fingerprint density at radius 3 is 1.88 bits per heavy atom. The summed E-state index contributed by atoms with van der Waals surface area (Å²) in [6.07, 6.45) is -11.5. The zero-order valence-corrected chi connectivity index (χ0v) is 39.5. The number of Topliss-reactive ketones (excluding diaryl/α,β-unsaturated/α-hetero) is 1. The SMILES string of the molecule is C/C(=C\CC[C@@H](C)[C@H]1CC[C@@]2(C)[C@@H]3CC=C4[C@@H](CC[C@@H](O[C@@H]5O[C@H](CO)[C@@H](O)[C@H](O)[C@H]5O)C4(C)C)[C@]3(C)C(=O)C[C@]12C)CO[C@@H]1O[C@H](CO[C@@H]2O[C@H](CO)[C@@H](O)[C@H](O)[C@H]2O)[C@@H](O)[C@H](O)[C@H]1O. The minimum absolute atomic E-state index is 0.0192. The van der Waals surface area contributed by atoms with E-state index in [-0.39, 0.29) is 29.3 Å². The lowest BCUT2D eigenvalue weighted by Crippen LogP contribution is -2.64. The lowest BCUT2D eigenvalue weighted by molar-refractivity contribution is -0.330. The van der Waals surface area contributed by atoms with Crippen LogP contribution in [0, 0.1) is 45.3 Å². The zero-order chi connectivity index (χ0) is 48.4. The molecule has 18 heteroatoms. The summed E-state index contributed by atoms with van der Waals surface area (Å²) in [7, 11) is 0. The van der Waals surface area contributed by atoms with Crippen LogP contribution in [0.25, 0.3) is 0 Å². The highest BCUT2D eigenvalue weighted by Crippen LogP contribution is 2.74. The van der Waals surface area contributed by atoms with E-state index in [1.807, 2.05) is 6.92 Å². The number of allylic oxidation sites excluding steroid dienone is 2. The Kier molecular flexibility index (Phi) is 15.8. The van der Waals surface area contributed by atoms with E-state index < -0.39 is 129 Å². The molecule has 0 aromatic rings. The Labute approximate surface area is 387 Å². The number of ketones is 1. The fraction of sp³-hybridized carbons (Fsp3) is 0.896. The van der Waals surface area contributed by atoms with E-state index in [0.717, 1.165) is 37.7 Å². The molecule has 0 radical (unpaired) electrons. The van der Waals surface area contributed by atoms with Crippen molar-refractivity contribution < 1.29 is 89.4 Å². The van der Waals surface area contributed by atoms with Crippen molar-refractivity contribution in [1.29, 1.82) is 0 Å². The first-order valence-electron chi connectivity index (χ1n) is 24.1. The molecular formula is C48H78O18. The standard InChI is InChI=1S/C48H78O18/c1-22(20-61-42-40(59)38(57)35(54)29(65-42)21-62-43-39(58)36(55)33(52)27(18-49)63-43)9-8-10-23(2)24-15-16-46(5)30-13-11-25-26(48(30,7)31(51)17-47(24,46)6)12-14-32(45(25,3)4)66-44-41(60)37(56)34(53)28(19-50)64-44/h9,11,23-24,26-30,32-44,49-50,52-60H,8,10,12-21H2,1-7H3/b22-9+/t23-,24-,26-,27-,28-,29-,30+,32-,33-,34-,35-,36+,37+,38+,39-,40-,41-,42-,43-,44+,46+,47-,48+/m1/s1. The van der Waals surface area contributed by atoms with Crippen LogP contribution in [0.1, 0.15) is 99.8 Å². The molecule has 18 nitrogen and oxygen atoms in total. The number of hydrogen-bond acceptors (Lipinski definition) is 18. The number of carbonyl (C=O) groups excluding carboxylic acids is 1. The van der Waals surface area contributed by atoms with E-state index in [0.29, 0.717) is 36.9 Å². The summed E-state index contributed by atoms with van der Waals surface area (Å²) >= 11 is 0. The molecule has 11 N–H and O–H groups in total. The van der Waals surface area contributed by atoms with Gasteiger partial charge in [-0.2, -0.15) is 0 Å². The number of ether oxygens (including phenoxy) is 6. The molecule has 4 aliphatic carbocycles. The van der Waals surface area contributed by atoms with E-state index in [1.54, 1.807) is 0 Å². The van der Waals surface area contributed by atoms with Crippen LogP contribution in [-0.2, 0) is 33.2 Å². The van der Waals surface area contributed by atoms with Gasteiger partial charge in [-0.05, 0) is 86.4 Å². The molecule has 23 atom stereocenters. The van der Waals surface area contributed by atoms with Gasteiger partial charge in [0.15, 0.2) is 18.9 Å². The first-order valence-corrected chi connectivity index (χ1v) is 24.1. The third-order valence-electron chi connectivity index (χ3n) is 18.0. The number of fused-ring (bicyclic) bond motifs is 5. The molecule has 3 saturated heterocycles. The van der Waals surface area contributed by atoms with Crippen molar-refractivity contribution in [3.05, 3.63) is 23.3 Å². The third kappa shape index (κ3) is 8.94. The van der Waals surface area contributed by atoms with E-state index in [9.17, 15) is 61.0 Å². The van der Waals surface area contributed by atoms with Crippen molar-refractivity contribution in [2.24, 2.45) is 45.3 Å². The number of rotatable bonds is 14. The van der Waals surface area contributed by atoms with Crippen LogP contribution in [0.5, 0.6) is 0 Å². The van der Waals surface area contributed by atoms with Crippen LogP contribution in [0.15, 0.2) is 23.3 Å².